The molecule has 0 amide bonds. The first-order valence-electron chi connectivity index (χ1n) is 6.81. The predicted molar refractivity (Wildman–Crippen MR) is 78.9 cm³/mol. The third-order valence-corrected chi connectivity index (χ3v) is 3.83. The molecular formula is C14H16N4O3. The van der Waals surface area contributed by atoms with E-state index in [1.165, 1.54) is 19.1 Å². The van der Waals surface area contributed by atoms with Crippen LogP contribution in [0.15, 0.2) is 33.3 Å². The van der Waals surface area contributed by atoms with E-state index in [0.29, 0.717) is 18.9 Å². The molecule has 0 atom stereocenters. The second kappa shape index (κ2) is 4.76. The third-order valence-electron chi connectivity index (χ3n) is 3.83. The Balaban J connectivity index is 2.13. The highest BCUT2D eigenvalue weighted by Gasteiger charge is 2.22. The maximum atomic E-state index is 12.3. The van der Waals surface area contributed by atoms with E-state index >= 15 is 0 Å². The zero-order valence-corrected chi connectivity index (χ0v) is 11.7. The minimum absolute atomic E-state index is 0.116. The molecule has 7 nitrogen and oxygen atoms in total. The average molecular weight is 288 g/mol. The number of carbonyl (C=O) groups excluding carboxylic acids is 1. The van der Waals surface area contributed by atoms with Gasteiger partial charge in [-0.2, -0.15) is 0 Å². The van der Waals surface area contributed by atoms with Crippen LogP contribution in [0.4, 0.5) is 11.5 Å². The molecule has 110 valence electrons. The van der Waals surface area contributed by atoms with Crippen LogP contribution in [-0.2, 0) is 17.9 Å². The fourth-order valence-electron chi connectivity index (χ4n) is 2.56. The van der Waals surface area contributed by atoms with Gasteiger partial charge in [0.2, 0.25) is 0 Å². The van der Waals surface area contributed by atoms with E-state index in [-0.39, 0.29) is 34.1 Å². The van der Waals surface area contributed by atoms with Gasteiger partial charge in [0.05, 0.1) is 0 Å². The van der Waals surface area contributed by atoms with E-state index in [9.17, 15) is 14.7 Å². The molecule has 0 bridgehead atoms. The van der Waals surface area contributed by atoms with E-state index < -0.39 is 0 Å². The fourth-order valence-corrected chi connectivity index (χ4v) is 2.56. The van der Waals surface area contributed by atoms with Crippen LogP contribution in [0.25, 0.3) is 0 Å². The van der Waals surface area contributed by atoms with Gasteiger partial charge in [-0.15, -0.1) is 0 Å². The van der Waals surface area contributed by atoms with Crippen molar-refractivity contribution in [1.29, 1.82) is 0 Å². The van der Waals surface area contributed by atoms with Gasteiger partial charge in [0.1, 0.15) is 11.5 Å². The minimum atomic E-state index is -0.271. The van der Waals surface area contributed by atoms with Gasteiger partial charge in [0.15, 0.2) is 17.3 Å². The number of hydrogen-bond acceptors (Lipinski definition) is 5. The number of carbonyl (C=O) groups is 1. The summed E-state index contributed by atoms with van der Waals surface area (Å²) >= 11 is 0. The highest BCUT2D eigenvalue weighted by molar-refractivity contribution is 6.21. The maximum Gasteiger partial charge on any atom is 0.294 e. The Bertz CT molecular complexity index is 777. The standard InChI is InChI=1S/C14H16N4O3/c1-8-10(19)5-4-9(12(8)20)16-11-13(15)17-6-2-3-7-18(17)14(11)21/h4-5,20H,2-3,6-7,15H2,1H3/b16-9+. The molecule has 0 radical (unpaired) electrons. The highest BCUT2D eigenvalue weighted by atomic mass is 16.3. The SMILES string of the molecule is CC1=C(O)/C(=N/c2c(N)n3n(c2=O)CCCC3)C=CC1=O. The van der Waals surface area contributed by atoms with Crippen LogP contribution >= 0.6 is 0 Å². The number of aliphatic imine (C=N–C) groups is 1. The number of fused-ring (bicyclic) bond motifs is 1. The molecule has 2 heterocycles. The summed E-state index contributed by atoms with van der Waals surface area (Å²) < 4.78 is 3.29. The van der Waals surface area contributed by atoms with Gasteiger partial charge in [-0.1, -0.05) is 0 Å². The number of nitrogens with zero attached hydrogens (tertiary/aromatic N) is 3. The van der Waals surface area contributed by atoms with Crippen LogP contribution in [0.2, 0.25) is 0 Å². The molecular weight excluding hydrogens is 272 g/mol. The first-order valence-corrected chi connectivity index (χ1v) is 6.81. The summed E-state index contributed by atoms with van der Waals surface area (Å²) in [4.78, 5) is 27.9. The molecule has 0 spiro atoms. The number of nitrogen functional groups attached to an aromatic ring is 1. The monoisotopic (exact) mass is 288 g/mol. The van der Waals surface area contributed by atoms with Crippen molar-refractivity contribution in [3.05, 3.63) is 33.8 Å². The van der Waals surface area contributed by atoms with Crippen LogP contribution in [0.1, 0.15) is 19.8 Å². The van der Waals surface area contributed by atoms with E-state index in [1.807, 2.05) is 0 Å². The lowest BCUT2D eigenvalue weighted by Gasteiger charge is -2.17. The molecule has 1 aromatic rings. The first-order chi connectivity index (χ1) is 10.0. The van der Waals surface area contributed by atoms with Crippen molar-refractivity contribution >= 4 is 23.0 Å². The fraction of sp³-hybridized carbons (Fsp3) is 0.357. The molecule has 3 rings (SSSR count). The van der Waals surface area contributed by atoms with Gasteiger partial charge < -0.3 is 10.8 Å². The molecule has 7 heteroatoms. The number of hydrogen-bond donors (Lipinski definition) is 2. The van der Waals surface area contributed by atoms with Crippen molar-refractivity contribution in [2.75, 3.05) is 5.73 Å². The Labute approximate surface area is 120 Å². The smallest absolute Gasteiger partial charge is 0.294 e. The number of anilines is 1. The number of allylic oxidation sites excluding steroid dienone is 3. The number of nitrogens with two attached hydrogens (primary N) is 1. The summed E-state index contributed by atoms with van der Waals surface area (Å²) in [5, 5.41) is 9.97. The molecule has 3 N–H and O–H groups in total. The Morgan fingerprint density at radius 1 is 1.19 bits per heavy atom. The van der Waals surface area contributed by atoms with Gasteiger partial charge >= 0.3 is 0 Å². The Morgan fingerprint density at radius 3 is 2.52 bits per heavy atom. The molecule has 0 fully saturated rings. The lowest BCUT2D eigenvalue weighted by molar-refractivity contribution is -0.111. The van der Waals surface area contributed by atoms with Crippen molar-refractivity contribution in [3.63, 3.8) is 0 Å². The number of aliphatic hydroxyl groups is 1. The summed E-state index contributed by atoms with van der Waals surface area (Å²) in [6.07, 6.45) is 4.60. The maximum absolute atomic E-state index is 12.3. The Hall–Kier alpha value is -2.57. The van der Waals surface area contributed by atoms with Crippen LogP contribution < -0.4 is 11.3 Å². The van der Waals surface area contributed by atoms with Crippen LogP contribution in [0.3, 0.4) is 0 Å². The van der Waals surface area contributed by atoms with E-state index in [0.717, 1.165) is 12.8 Å². The van der Waals surface area contributed by atoms with Gasteiger partial charge in [-0.05, 0) is 31.9 Å². The first kappa shape index (κ1) is 13.4. The summed E-state index contributed by atoms with van der Waals surface area (Å²) in [6.45, 7) is 2.81. The quantitative estimate of drug-likeness (QED) is 0.754. The highest BCUT2D eigenvalue weighted by Crippen LogP contribution is 2.24. The van der Waals surface area contributed by atoms with Gasteiger partial charge in [0.25, 0.3) is 5.56 Å². The van der Waals surface area contributed by atoms with Crippen LogP contribution in [0.5, 0.6) is 0 Å². The summed E-state index contributed by atoms with van der Waals surface area (Å²) in [5.74, 6) is -0.189. The number of ketones is 1. The van der Waals surface area contributed by atoms with E-state index in [2.05, 4.69) is 4.99 Å². The lowest BCUT2D eigenvalue weighted by atomic mass is 10.0. The summed E-state index contributed by atoms with van der Waals surface area (Å²) in [7, 11) is 0. The predicted octanol–water partition coefficient (Wildman–Crippen LogP) is 1.07. The molecule has 2 aliphatic rings. The summed E-state index contributed by atoms with van der Waals surface area (Å²) in [5.41, 5.74) is 6.23. The number of aromatic nitrogens is 2. The number of aliphatic hydroxyl groups excluding tert-OH is 1. The van der Waals surface area contributed by atoms with Crippen molar-refractivity contribution in [1.82, 2.24) is 9.36 Å². The minimum Gasteiger partial charge on any atom is -0.505 e. The van der Waals surface area contributed by atoms with Crippen molar-refractivity contribution in [3.8, 4) is 0 Å². The normalized spacial score (nSPS) is 20.2. The third kappa shape index (κ3) is 2.01. The van der Waals surface area contributed by atoms with E-state index in [1.54, 1.807) is 9.36 Å². The van der Waals surface area contributed by atoms with Gasteiger partial charge in [0, 0.05) is 18.7 Å². The van der Waals surface area contributed by atoms with Gasteiger partial charge in [-0.3, -0.25) is 14.3 Å². The van der Waals surface area contributed by atoms with Crippen molar-refractivity contribution < 1.29 is 9.90 Å². The molecule has 1 aliphatic carbocycles. The Morgan fingerprint density at radius 2 is 1.86 bits per heavy atom. The van der Waals surface area contributed by atoms with Crippen LogP contribution in [-0.4, -0.2) is 26.0 Å². The molecule has 21 heavy (non-hydrogen) atoms. The molecule has 0 unspecified atom stereocenters. The average Bonchev–Trinajstić information content (AvgIpc) is 2.73. The second-order valence-corrected chi connectivity index (χ2v) is 5.16. The molecule has 0 saturated heterocycles. The zero-order chi connectivity index (χ0) is 15.1. The van der Waals surface area contributed by atoms with Crippen molar-refractivity contribution in [2.24, 2.45) is 4.99 Å². The Kier molecular flexibility index (Phi) is 3.04. The molecule has 0 saturated carbocycles. The number of rotatable bonds is 1. The largest absolute Gasteiger partial charge is 0.505 e. The second-order valence-electron chi connectivity index (χ2n) is 5.16. The lowest BCUT2D eigenvalue weighted by Crippen LogP contribution is -2.27. The van der Waals surface area contributed by atoms with E-state index in [4.69, 9.17) is 5.73 Å². The molecule has 1 aromatic heterocycles. The van der Waals surface area contributed by atoms with Gasteiger partial charge in [-0.25, -0.2) is 9.67 Å². The molecule has 0 aromatic carbocycles. The topological polar surface area (TPSA) is 103 Å². The van der Waals surface area contributed by atoms with Crippen LogP contribution in [0, 0.1) is 0 Å². The summed E-state index contributed by atoms with van der Waals surface area (Å²) in [6, 6.07) is 0. The zero-order valence-electron chi connectivity index (χ0n) is 11.7. The molecule has 1 aliphatic heterocycles. The van der Waals surface area contributed by atoms with Crippen molar-refractivity contribution in [2.45, 2.75) is 32.9 Å².